The van der Waals surface area contributed by atoms with Crippen molar-refractivity contribution >= 4 is 29.3 Å². The van der Waals surface area contributed by atoms with Crippen LogP contribution in [-0.4, -0.2) is 26.6 Å². The van der Waals surface area contributed by atoms with Crippen molar-refractivity contribution in [3.63, 3.8) is 0 Å². The summed E-state index contributed by atoms with van der Waals surface area (Å²) in [5.41, 5.74) is 3.24. The van der Waals surface area contributed by atoms with Gasteiger partial charge in [0.05, 0.1) is 23.3 Å². The van der Waals surface area contributed by atoms with Gasteiger partial charge in [0.1, 0.15) is 0 Å². The summed E-state index contributed by atoms with van der Waals surface area (Å²) in [5, 5.41) is 5.75. The number of imidazole rings is 1. The molecule has 1 aliphatic rings. The summed E-state index contributed by atoms with van der Waals surface area (Å²) in [7, 11) is 0. The summed E-state index contributed by atoms with van der Waals surface area (Å²) < 4.78 is 1.92. The molecule has 0 radical (unpaired) electrons. The van der Waals surface area contributed by atoms with Gasteiger partial charge in [-0.25, -0.2) is 4.98 Å². The van der Waals surface area contributed by atoms with Crippen LogP contribution in [0.1, 0.15) is 35.8 Å². The Morgan fingerprint density at radius 2 is 2.04 bits per heavy atom. The van der Waals surface area contributed by atoms with Gasteiger partial charge in [0.2, 0.25) is 5.91 Å². The summed E-state index contributed by atoms with van der Waals surface area (Å²) >= 11 is 1.50. The number of rotatable bonds is 4. The maximum Gasteiger partial charge on any atom is 0.251 e. The lowest BCUT2D eigenvalue weighted by atomic mass is 10.1. The van der Waals surface area contributed by atoms with Crippen LogP contribution in [0.2, 0.25) is 0 Å². The van der Waals surface area contributed by atoms with Gasteiger partial charge in [-0.1, -0.05) is 12.1 Å². The van der Waals surface area contributed by atoms with E-state index in [1.54, 1.807) is 24.7 Å². The van der Waals surface area contributed by atoms with E-state index in [9.17, 15) is 9.59 Å². The lowest BCUT2D eigenvalue weighted by Gasteiger charge is -2.22. The largest absolute Gasteiger partial charge is 0.346 e. The van der Waals surface area contributed by atoms with Gasteiger partial charge in [-0.05, 0) is 49.7 Å². The third kappa shape index (κ3) is 3.66. The molecule has 0 saturated carbocycles. The first-order chi connectivity index (χ1) is 13.5. The highest BCUT2D eigenvalue weighted by Crippen LogP contribution is 2.36. The fourth-order valence-electron chi connectivity index (χ4n) is 3.06. The molecule has 0 fully saturated rings. The number of amides is 2. The normalized spacial score (nSPS) is 16.8. The van der Waals surface area contributed by atoms with Crippen LogP contribution in [0, 0.1) is 0 Å². The molecule has 1 aromatic heterocycles. The number of nitrogens with zero attached hydrogens (tertiary/aromatic N) is 2. The standard InChI is InChI=1S/C21H20N4O2S/c1-13(15-3-6-17(7-4-15)25-10-9-22-12-25)23-21(27)16-5-8-19-18(11-16)24-20(26)14(2)28-19/h3-14H,1-2H3,(H,23,27)(H,24,26)/t13-,14-/m1/s1. The minimum Gasteiger partial charge on any atom is -0.346 e. The van der Waals surface area contributed by atoms with E-state index >= 15 is 0 Å². The van der Waals surface area contributed by atoms with Gasteiger partial charge in [0.25, 0.3) is 5.91 Å². The van der Waals surface area contributed by atoms with Crippen LogP contribution in [-0.2, 0) is 4.79 Å². The van der Waals surface area contributed by atoms with E-state index < -0.39 is 0 Å². The smallest absolute Gasteiger partial charge is 0.251 e. The first kappa shape index (κ1) is 18.3. The Kier molecular flexibility index (Phi) is 4.92. The highest BCUT2D eigenvalue weighted by atomic mass is 32.2. The van der Waals surface area contributed by atoms with Gasteiger partial charge in [0, 0.05) is 28.5 Å². The van der Waals surface area contributed by atoms with Gasteiger partial charge < -0.3 is 15.2 Å². The Balaban J connectivity index is 1.46. The van der Waals surface area contributed by atoms with Crippen LogP contribution in [0.4, 0.5) is 5.69 Å². The molecular weight excluding hydrogens is 372 g/mol. The first-order valence-corrected chi connectivity index (χ1v) is 9.90. The highest BCUT2D eigenvalue weighted by Gasteiger charge is 2.24. The molecule has 2 heterocycles. The minimum atomic E-state index is -0.174. The monoisotopic (exact) mass is 392 g/mol. The number of fused-ring (bicyclic) bond motifs is 1. The lowest BCUT2D eigenvalue weighted by Crippen LogP contribution is -2.28. The average molecular weight is 392 g/mol. The quantitative estimate of drug-likeness (QED) is 0.708. The molecular formula is C21H20N4O2S. The van der Waals surface area contributed by atoms with Gasteiger partial charge in [-0.2, -0.15) is 0 Å². The number of anilines is 1. The van der Waals surface area contributed by atoms with Crippen molar-refractivity contribution in [2.75, 3.05) is 5.32 Å². The molecule has 0 aliphatic carbocycles. The van der Waals surface area contributed by atoms with Crippen molar-refractivity contribution < 1.29 is 9.59 Å². The van der Waals surface area contributed by atoms with Crippen LogP contribution in [0.5, 0.6) is 0 Å². The molecule has 6 nitrogen and oxygen atoms in total. The SMILES string of the molecule is C[C@H]1Sc2ccc(C(=O)N[C@H](C)c3ccc(-n4ccnc4)cc3)cc2NC1=O. The third-order valence-corrected chi connectivity index (χ3v) is 5.89. The molecule has 0 unspecified atom stereocenters. The summed E-state index contributed by atoms with van der Waals surface area (Å²) in [6.07, 6.45) is 5.36. The minimum absolute atomic E-state index is 0.0404. The van der Waals surface area contributed by atoms with E-state index in [1.807, 2.05) is 54.9 Å². The van der Waals surface area contributed by atoms with Crippen LogP contribution >= 0.6 is 11.8 Å². The zero-order valence-corrected chi connectivity index (χ0v) is 16.4. The summed E-state index contributed by atoms with van der Waals surface area (Å²) in [6.45, 7) is 3.81. The van der Waals surface area contributed by atoms with E-state index in [4.69, 9.17) is 0 Å². The van der Waals surface area contributed by atoms with Gasteiger partial charge in [0.15, 0.2) is 0 Å². The third-order valence-electron chi connectivity index (χ3n) is 4.72. The predicted molar refractivity (Wildman–Crippen MR) is 110 cm³/mol. The van der Waals surface area contributed by atoms with E-state index in [0.29, 0.717) is 11.3 Å². The van der Waals surface area contributed by atoms with Crippen molar-refractivity contribution in [1.82, 2.24) is 14.9 Å². The number of hydrogen-bond acceptors (Lipinski definition) is 4. The molecule has 4 rings (SSSR count). The Morgan fingerprint density at radius 3 is 2.75 bits per heavy atom. The Morgan fingerprint density at radius 1 is 1.25 bits per heavy atom. The van der Waals surface area contributed by atoms with Crippen LogP contribution in [0.15, 0.2) is 66.1 Å². The molecule has 7 heteroatoms. The molecule has 0 saturated heterocycles. The van der Waals surface area contributed by atoms with Gasteiger partial charge >= 0.3 is 0 Å². The number of nitrogens with one attached hydrogen (secondary N) is 2. The van der Waals surface area contributed by atoms with Crippen LogP contribution < -0.4 is 10.6 Å². The van der Waals surface area contributed by atoms with Crippen molar-refractivity contribution in [3.05, 3.63) is 72.3 Å². The molecule has 3 aromatic rings. The molecule has 1 aliphatic heterocycles. The van der Waals surface area contributed by atoms with Crippen molar-refractivity contribution in [2.24, 2.45) is 0 Å². The molecule has 28 heavy (non-hydrogen) atoms. The Bertz CT molecular complexity index is 1020. The average Bonchev–Trinajstić information content (AvgIpc) is 3.23. The summed E-state index contributed by atoms with van der Waals surface area (Å²) in [4.78, 5) is 29.6. The second-order valence-electron chi connectivity index (χ2n) is 6.72. The number of benzene rings is 2. The Labute approximate surface area is 167 Å². The van der Waals surface area contributed by atoms with Crippen molar-refractivity contribution in [2.45, 2.75) is 30.0 Å². The highest BCUT2D eigenvalue weighted by molar-refractivity contribution is 8.00. The molecule has 2 aromatic carbocycles. The van der Waals surface area contributed by atoms with Gasteiger partial charge in [-0.3, -0.25) is 9.59 Å². The van der Waals surface area contributed by atoms with E-state index in [2.05, 4.69) is 15.6 Å². The molecule has 142 valence electrons. The second kappa shape index (κ2) is 7.52. The van der Waals surface area contributed by atoms with Gasteiger partial charge in [-0.15, -0.1) is 11.8 Å². The number of hydrogen-bond donors (Lipinski definition) is 2. The predicted octanol–water partition coefficient (Wildman–Crippen LogP) is 3.80. The van der Waals surface area contributed by atoms with Crippen molar-refractivity contribution in [1.29, 1.82) is 0 Å². The summed E-state index contributed by atoms with van der Waals surface area (Å²) in [5.74, 6) is -0.215. The van der Waals surface area contributed by atoms with E-state index in [-0.39, 0.29) is 23.1 Å². The summed E-state index contributed by atoms with van der Waals surface area (Å²) in [6, 6.07) is 13.2. The fraction of sp³-hybridized carbons (Fsp3) is 0.190. The molecule has 0 spiro atoms. The van der Waals surface area contributed by atoms with E-state index in [0.717, 1.165) is 16.1 Å². The number of thioether (sulfide) groups is 1. The molecule has 2 N–H and O–H groups in total. The fourth-order valence-corrected chi connectivity index (χ4v) is 3.99. The zero-order valence-electron chi connectivity index (χ0n) is 15.5. The lowest BCUT2D eigenvalue weighted by molar-refractivity contribution is -0.115. The molecule has 2 atom stereocenters. The maximum absolute atomic E-state index is 12.7. The number of aromatic nitrogens is 2. The maximum atomic E-state index is 12.7. The zero-order chi connectivity index (χ0) is 19.7. The topological polar surface area (TPSA) is 76.0 Å². The Hall–Kier alpha value is -3.06. The van der Waals surface area contributed by atoms with E-state index in [1.165, 1.54) is 11.8 Å². The number of carbonyl (C=O) groups excluding carboxylic acids is 2. The second-order valence-corrected chi connectivity index (χ2v) is 8.10. The number of carbonyl (C=O) groups is 2. The molecule has 2 amide bonds. The molecule has 0 bridgehead atoms. The van der Waals surface area contributed by atoms with Crippen LogP contribution in [0.3, 0.4) is 0 Å². The van der Waals surface area contributed by atoms with Crippen molar-refractivity contribution in [3.8, 4) is 5.69 Å². The van der Waals surface area contributed by atoms with Crippen LogP contribution in [0.25, 0.3) is 5.69 Å². The first-order valence-electron chi connectivity index (χ1n) is 9.02.